The van der Waals surface area contributed by atoms with Gasteiger partial charge >= 0.3 is 11.9 Å². The first kappa shape index (κ1) is 32.3. The lowest BCUT2D eigenvalue weighted by molar-refractivity contribution is -0.137. The fourth-order valence-corrected chi connectivity index (χ4v) is 3.24. The number of ether oxygens (including phenoxy) is 1. The maximum atomic E-state index is 14.0. The molecule has 0 heterocycles. The van der Waals surface area contributed by atoms with Crippen molar-refractivity contribution < 1.29 is 47.2 Å². The highest BCUT2D eigenvalue weighted by Crippen LogP contribution is 2.26. The summed E-state index contributed by atoms with van der Waals surface area (Å²) in [6.45, 7) is 4.99. The molecule has 202 valence electrons. The van der Waals surface area contributed by atoms with Crippen molar-refractivity contribution in [2.75, 3.05) is 13.2 Å². The van der Waals surface area contributed by atoms with Gasteiger partial charge in [-0.25, -0.2) is 27.2 Å². The van der Waals surface area contributed by atoms with Crippen LogP contribution in [0.4, 0.5) is 17.6 Å². The molecule has 0 saturated carbocycles. The van der Waals surface area contributed by atoms with Gasteiger partial charge in [0, 0.05) is 18.3 Å². The fraction of sp³-hybridized carbons (Fsp3) is 0.292. The van der Waals surface area contributed by atoms with E-state index in [4.69, 9.17) is 9.84 Å². The highest BCUT2D eigenvalue weighted by atomic mass is 79.9. The van der Waals surface area contributed by atoms with Crippen LogP contribution in [-0.4, -0.2) is 52.7 Å². The third-order valence-electron chi connectivity index (χ3n) is 4.61. The molecule has 0 aliphatic heterocycles. The van der Waals surface area contributed by atoms with Crippen molar-refractivity contribution in [3.63, 3.8) is 0 Å². The monoisotopic (exact) mass is 655 g/mol. The number of benzene rings is 2. The van der Waals surface area contributed by atoms with Gasteiger partial charge in [-0.05, 0) is 56.8 Å². The maximum absolute atomic E-state index is 14.0. The molecule has 1 atom stereocenters. The molecule has 37 heavy (non-hydrogen) atoms. The Morgan fingerprint density at radius 1 is 0.946 bits per heavy atom. The zero-order chi connectivity index (χ0) is 28.4. The molecular weight excluding hydrogens is 634 g/mol. The van der Waals surface area contributed by atoms with Crippen LogP contribution in [0.3, 0.4) is 0 Å². The second-order valence-electron chi connectivity index (χ2n) is 7.55. The molecule has 0 fully saturated rings. The number of aliphatic hydroxyl groups excluding tert-OH is 2. The summed E-state index contributed by atoms with van der Waals surface area (Å²) in [6.07, 6.45) is 1.03. The first-order valence-electron chi connectivity index (χ1n) is 10.5. The number of carboxylic acid groups (broad SMARTS) is 1. The van der Waals surface area contributed by atoms with Gasteiger partial charge < -0.3 is 20.1 Å². The second-order valence-corrected chi connectivity index (χ2v) is 9.26. The number of aliphatic imine (C=N–C) groups is 1. The molecule has 0 saturated heterocycles. The number of halogens is 6. The summed E-state index contributed by atoms with van der Waals surface area (Å²) in [4.78, 5) is 26.5. The highest BCUT2D eigenvalue weighted by Gasteiger charge is 2.21. The van der Waals surface area contributed by atoms with Crippen LogP contribution in [0.5, 0.6) is 0 Å². The van der Waals surface area contributed by atoms with Crippen LogP contribution < -0.4 is 0 Å². The molecule has 0 aliphatic rings. The highest BCUT2D eigenvalue weighted by molar-refractivity contribution is 9.10. The van der Waals surface area contributed by atoms with E-state index in [0.29, 0.717) is 12.1 Å². The first-order valence-corrected chi connectivity index (χ1v) is 12.1. The maximum Gasteiger partial charge on any atom is 0.343 e. The van der Waals surface area contributed by atoms with Crippen LogP contribution in [0.25, 0.3) is 5.76 Å². The number of nitrogens with zero attached hydrogens (tertiary/aromatic N) is 1. The lowest BCUT2D eigenvalue weighted by atomic mass is 10.1. The van der Waals surface area contributed by atoms with Crippen LogP contribution >= 0.6 is 31.9 Å². The molecule has 2 rings (SSSR count). The van der Waals surface area contributed by atoms with E-state index in [0.717, 1.165) is 18.3 Å². The number of esters is 1. The van der Waals surface area contributed by atoms with Gasteiger partial charge in [0.1, 0.15) is 34.6 Å². The van der Waals surface area contributed by atoms with E-state index in [2.05, 4.69) is 36.9 Å². The summed E-state index contributed by atoms with van der Waals surface area (Å²) in [6, 6.07) is 2.49. The Bertz CT molecular complexity index is 1200. The Morgan fingerprint density at radius 3 is 1.86 bits per heavy atom. The van der Waals surface area contributed by atoms with Crippen LogP contribution in [0.15, 0.2) is 43.8 Å². The third kappa shape index (κ3) is 9.24. The van der Waals surface area contributed by atoms with E-state index in [1.165, 1.54) is 0 Å². The average molecular weight is 657 g/mol. The van der Waals surface area contributed by atoms with Crippen LogP contribution in [-0.2, 0) is 9.53 Å². The van der Waals surface area contributed by atoms with Gasteiger partial charge in [-0.1, -0.05) is 13.8 Å². The van der Waals surface area contributed by atoms with Crippen molar-refractivity contribution in [2.24, 2.45) is 10.9 Å². The smallest absolute Gasteiger partial charge is 0.343 e. The molecule has 0 radical (unpaired) electrons. The number of carboxylic acids is 1. The molecule has 0 amide bonds. The standard InChI is InChI=1S/C17H20BrF2NO4.C7H3BrF2O2/c1-4-25-17(24)11(7-21-15(8-22)9(2)3)16(23)10-5-12(18)14(20)6-13(10)19;8-4-1-3(7(11)12)5(9)2-6(4)10/h5-7,9,15,22-23H,4,8H2,1-3H3;1-2H,(H,11,12)/t15-;/m1./s1. The van der Waals surface area contributed by atoms with Gasteiger partial charge in [0.15, 0.2) is 0 Å². The zero-order valence-electron chi connectivity index (χ0n) is 19.7. The zero-order valence-corrected chi connectivity index (χ0v) is 22.9. The van der Waals surface area contributed by atoms with E-state index >= 15 is 0 Å². The lowest BCUT2D eigenvalue weighted by Gasteiger charge is -2.13. The Kier molecular flexibility index (Phi) is 12.9. The molecule has 0 aromatic heterocycles. The minimum Gasteiger partial charge on any atom is -0.506 e. The largest absolute Gasteiger partial charge is 0.506 e. The predicted octanol–water partition coefficient (Wildman–Crippen LogP) is 6.07. The number of aromatic carboxylic acids is 1. The minimum absolute atomic E-state index is 0.0245. The van der Waals surface area contributed by atoms with Gasteiger partial charge in [-0.15, -0.1) is 0 Å². The second kappa shape index (κ2) is 14.8. The lowest BCUT2D eigenvalue weighted by Crippen LogP contribution is -2.19. The SMILES string of the molecule is CCOC(=O)C(C=N[C@H](CO)C(C)C)=C(O)c1cc(Br)c(F)cc1F.O=C(O)c1cc(Br)c(F)cc1F. The Hall–Kier alpha value is -2.77. The summed E-state index contributed by atoms with van der Waals surface area (Å²) in [5, 5.41) is 28.0. The van der Waals surface area contributed by atoms with Gasteiger partial charge in [0.25, 0.3) is 0 Å². The van der Waals surface area contributed by atoms with Gasteiger partial charge in [-0.2, -0.15) is 0 Å². The number of carbonyl (C=O) groups excluding carboxylic acids is 1. The van der Waals surface area contributed by atoms with Gasteiger partial charge in [0.2, 0.25) is 0 Å². The number of carbonyl (C=O) groups is 2. The van der Waals surface area contributed by atoms with E-state index in [9.17, 15) is 37.4 Å². The van der Waals surface area contributed by atoms with Crippen LogP contribution in [0, 0.1) is 29.2 Å². The molecule has 0 aliphatic carbocycles. The Morgan fingerprint density at radius 2 is 1.43 bits per heavy atom. The summed E-state index contributed by atoms with van der Waals surface area (Å²) >= 11 is 5.64. The topological polar surface area (TPSA) is 116 Å². The summed E-state index contributed by atoms with van der Waals surface area (Å²) in [5.74, 6) is -6.89. The molecule has 0 bridgehead atoms. The third-order valence-corrected chi connectivity index (χ3v) is 5.82. The molecule has 2 aromatic rings. The van der Waals surface area contributed by atoms with E-state index < -0.39 is 58.1 Å². The predicted molar refractivity (Wildman–Crippen MR) is 135 cm³/mol. The van der Waals surface area contributed by atoms with Crippen molar-refractivity contribution in [1.29, 1.82) is 0 Å². The van der Waals surface area contributed by atoms with Crippen LogP contribution in [0.1, 0.15) is 36.7 Å². The van der Waals surface area contributed by atoms with Crippen molar-refractivity contribution in [1.82, 2.24) is 0 Å². The van der Waals surface area contributed by atoms with Gasteiger partial charge in [0.05, 0.1) is 39.3 Å². The van der Waals surface area contributed by atoms with Crippen molar-refractivity contribution in [2.45, 2.75) is 26.8 Å². The minimum atomic E-state index is -1.42. The quantitative estimate of drug-likeness (QED) is 0.0793. The molecule has 3 N–H and O–H groups in total. The molecule has 0 unspecified atom stereocenters. The van der Waals surface area contributed by atoms with Gasteiger partial charge in [-0.3, -0.25) is 4.99 Å². The summed E-state index contributed by atoms with van der Waals surface area (Å²) in [5.41, 5.74) is -1.32. The van der Waals surface area contributed by atoms with E-state index in [1.54, 1.807) is 6.92 Å². The number of hydrogen-bond donors (Lipinski definition) is 3. The Balaban J connectivity index is 0.000000474. The number of rotatable bonds is 8. The van der Waals surface area contributed by atoms with Crippen molar-refractivity contribution >= 4 is 55.8 Å². The van der Waals surface area contributed by atoms with Crippen molar-refractivity contribution in [3.8, 4) is 0 Å². The molecule has 13 heteroatoms. The van der Waals surface area contributed by atoms with E-state index in [1.807, 2.05) is 13.8 Å². The summed E-state index contributed by atoms with van der Waals surface area (Å²) < 4.78 is 57.2. The Labute approximate surface area is 226 Å². The average Bonchev–Trinajstić information content (AvgIpc) is 2.81. The first-order chi connectivity index (χ1) is 17.2. The summed E-state index contributed by atoms with van der Waals surface area (Å²) in [7, 11) is 0. The molecule has 2 aromatic carbocycles. The van der Waals surface area contributed by atoms with E-state index in [-0.39, 0.29) is 33.6 Å². The normalized spacial score (nSPS) is 12.6. The van der Waals surface area contributed by atoms with Crippen LogP contribution in [0.2, 0.25) is 0 Å². The molecule has 0 spiro atoms. The molecule has 7 nitrogen and oxygen atoms in total. The van der Waals surface area contributed by atoms with Crippen molar-refractivity contribution in [3.05, 3.63) is 73.2 Å². The molecular formula is C24H23Br2F4NO6. The number of aliphatic hydroxyl groups is 2. The fourth-order valence-electron chi connectivity index (χ4n) is 2.56. The number of hydrogen-bond acceptors (Lipinski definition) is 6.